The van der Waals surface area contributed by atoms with Crippen molar-refractivity contribution < 1.29 is 4.74 Å². The van der Waals surface area contributed by atoms with E-state index in [1.165, 1.54) is 0 Å². The molecular weight excluding hydrogens is 278 g/mol. The second-order valence-corrected chi connectivity index (χ2v) is 5.59. The highest BCUT2D eigenvalue weighted by Gasteiger charge is 2.08. The third-order valence-electron chi connectivity index (χ3n) is 2.80. The number of thioether (sulfide) groups is 1. The van der Waals surface area contributed by atoms with Crippen LogP contribution in [0.15, 0.2) is 53.4 Å². The van der Waals surface area contributed by atoms with Gasteiger partial charge in [0, 0.05) is 16.7 Å². The Morgan fingerprint density at radius 1 is 1.16 bits per heavy atom. The second-order valence-electron chi connectivity index (χ2n) is 4.12. The molecule has 1 unspecified atom stereocenters. The number of hydrogen-bond donors (Lipinski definition) is 1. The number of halogens is 1. The van der Waals surface area contributed by atoms with E-state index in [0.717, 1.165) is 27.0 Å². The predicted octanol–water partition coefficient (Wildman–Crippen LogP) is 4.14. The zero-order valence-electron chi connectivity index (χ0n) is 10.7. The first-order valence-corrected chi connectivity index (χ1v) is 7.34. The Morgan fingerprint density at radius 3 is 2.47 bits per heavy atom. The molecule has 0 amide bonds. The molecule has 2 rings (SSSR count). The van der Waals surface area contributed by atoms with Crippen molar-refractivity contribution >= 4 is 23.4 Å². The van der Waals surface area contributed by atoms with Gasteiger partial charge in [0.05, 0.1) is 12.1 Å². The summed E-state index contributed by atoms with van der Waals surface area (Å²) in [6.45, 7) is 0. The Labute approximate surface area is 122 Å². The number of ether oxygens (including phenoxy) is 1. The summed E-state index contributed by atoms with van der Waals surface area (Å²) in [5, 5.41) is 0.773. The van der Waals surface area contributed by atoms with Crippen molar-refractivity contribution in [3.63, 3.8) is 0 Å². The Hall–Kier alpha value is -1.16. The van der Waals surface area contributed by atoms with Crippen molar-refractivity contribution in [1.82, 2.24) is 0 Å². The summed E-state index contributed by atoms with van der Waals surface area (Å²) in [5.41, 5.74) is 7.28. The molecule has 0 heterocycles. The van der Waals surface area contributed by atoms with Crippen LogP contribution in [0.1, 0.15) is 11.6 Å². The first kappa shape index (κ1) is 14.3. The van der Waals surface area contributed by atoms with Crippen LogP contribution in [0.25, 0.3) is 0 Å². The van der Waals surface area contributed by atoms with Crippen LogP contribution >= 0.6 is 23.4 Å². The number of hydrogen-bond acceptors (Lipinski definition) is 3. The van der Waals surface area contributed by atoms with Crippen LogP contribution in [0.4, 0.5) is 0 Å². The molecule has 0 aromatic heterocycles. The maximum Gasteiger partial charge on any atom is 0.118 e. The average Bonchev–Trinajstić information content (AvgIpc) is 2.46. The first-order valence-electron chi connectivity index (χ1n) is 5.97. The molecule has 0 saturated heterocycles. The smallest absolute Gasteiger partial charge is 0.118 e. The summed E-state index contributed by atoms with van der Waals surface area (Å²) in [6, 6.07) is 15.6. The summed E-state index contributed by atoms with van der Waals surface area (Å²) in [5.74, 6) is 1.63. The summed E-state index contributed by atoms with van der Waals surface area (Å²) < 4.78 is 5.13. The van der Waals surface area contributed by atoms with E-state index in [-0.39, 0.29) is 6.04 Å². The molecule has 0 aliphatic rings. The van der Waals surface area contributed by atoms with Gasteiger partial charge in [0.15, 0.2) is 0 Å². The number of methoxy groups -OCH3 is 1. The molecule has 0 saturated carbocycles. The monoisotopic (exact) mass is 293 g/mol. The molecule has 4 heteroatoms. The molecule has 2 aromatic carbocycles. The Balaban J connectivity index is 1.97. The molecule has 0 radical (unpaired) electrons. The van der Waals surface area contributed by atoms with Gasteiger partial charge in [-0.2, -0.15) is 0 Å². The van der Waals surface area contributed by atoms with Gasteiger partial charge < -0.3 is 10.5 Å². The fourth-order valence-electron chi connectivity index (χ4n) is 1.69. The zero-order valence-corrected chi connectivity index (χ0v) is 12.2. The van der Waals surface area contributed by atoms with Gasteiger partial charge in [-0.15, -0.1) is 11.8 Å². The third-order valence-corrected chi connectivity index (χ3v) is 4.43. The normalized spacial score (nSPS) is 12.2. The van der Waals surface area contributed by atoms with Gasteiger partial charge in [0.1, 0.15) is 5.75 Å². The quantitative estimate of drug-likeness (QED) is 0.842. The molecule has 0 bridgehead atoms. The van der Waals surface area contributed by atoms with Crippen LogP contribution in [0.3, 0.4) is 0 Å². The lowest BCUT2D eigenvalue weighted by atomic mass is 10.1. The SMILES string of the molecule is COc1ccc(C(N)CSc2ccccc2Cl)cc1. The molecule has 0 fully saturated rings. The van der Waals surface area contributed by atoms with Gasteiger partial charge in [-0.1, -0.05) is 35.9 Å². The van der Waals surface area contributed by atoms with E-state index in [1.807, 2.05) is 48.5 Å². The number of rotatable bonds is 5. The van der Waals surface area contributed by atoms with Crippen LogP contribution in [0.5, 0.6) is 5.75 Å². The fraction of sp³-hybridized carbons (Fsp3) is 0.200. The van der Waals surface area contributed by atoms with Crippen molar-refractivity contribution in [2.75, 3.05) is 12.9 Å². The first-order chi connectivity index (χ1) is 9.20. The van der Waals surface area contributed by atoms with E-state index in [2.05, 4.69) is 0 Å². The van der Waals surface area contributed by atoms with Crippen molar-refractivity contribution in [2.45, 2.75) is 10.9 Å². The van der Waals surface area contributed by atoms with Crippen molar-refractivity contribution in [3.05, 3.63) is 59.1 Å². The lowest BCUT2D eigenvalue weighted by Crippen LogP contribution is -2.12. The average molecular weight is 294 g/mol. The highest BCUT2D eigenvalue weighted by atomic mass is 35.5. The molecule has 0 aliphatic heterocycles. The van der Waals surface area contributed by atoms with Gasteiger partial charge in [-0.25, -0.2) is 0 Å². The van der Waals surface area contributed by atoms with Crippen molar-refractivity contribution in [1.29, 1.82) is 0 Å². The summed E-state index contributed by atoms with van der Waals surface area (Å²) >= 11 is 7.79. The van der Waals surface area contributed by atoms with E-state index in [0.29, 0.717) is 0 Å². The summed E-state index contributed by atoms with van der Waals surface area (Å²) in [4.78, 5) is 1.06. The molecule has 0 aliphatic carbocycles. The minimum absolute atomic E-state index is 0.0211. The third kappa shape index (κ3) is 3.90. The van der Waals surface area contributed by atoms with Crippen molar-refractivity contribution in [2.24, 2.45) is 5.73 Å². The van der Waals surface area contributed by atoms with Gasteiger partial charge in [0.25, 0.3) is 0 Å². The molecule has 2 nitrogen and oxygen atoms in total. The topological polar surface area (TPSA) is 35.2 Å². The lowest BCUT2D eigenvalue weighted by molar-refractivity contribution is 0.414. The zero-order chi connectivity index (χ0) is 13.7. The van der Waals surface area contributed by atoms with Gasteiger partial charge in [-0.05, 0) is 29.8 Å². The maximum atomic E-state index is 6.18. The van der Waals surface area contributed by atoms with Gasteiger partial charge in [0.2, 0.25) is 0 Å². The highest BCUT2D eigenvalue weighted by Crippen LogP contribution is 2.29. The number of nitrogens with two attached hydrogens (primary N) is 1. The molecule has 1 atom stereocenters. The molecule has 2 N–H and O–H groups in total. The Kier molecular flexibility index (Phi) is 5.14. The van der Waals surface area contributed by atoms with Gasteiger partial charge in [-0.3, -0.25) is 0 Å². The minimum Gasteiger partial charge on any atom is -0.497 e. The summed E-state index contributed by atoms with van der Waals surface area (Å²) in [6.07, 6.45) is 0. The van der Waals surface area contributed by atoms with Crippen LogP contribution in [0, 0.1) is 0 Å². The van der Waals surface area contributed by atoms with Crippen LogP contribution in [-0.4, -0.2) is 12.9 Å². The second kappa shape index (κ2) is 6.85. The lowest BCUT2D eigenvalue weighted by Gasteiger charge is -2.12. The standard InChI is InChI=1S/C15H16ClNOS/c1-18-12-8-6-11(7-9-12)14(17)10-19-15-5-3-2-4-13(15)16/h2-9,14H,10,17H2,1H3. The van der Waals surface area contributed by atoms with Gasteiger partial charge >= 0.3 is 0 Å². The van der Waals surface area contributed by atoms with Crippen LogP contribution < -0.4 is 10.5 Å². The summed E-state index contributed by atoms with van der Waals surface area (Å²) in [7, 11) is 1.65. The molecular formula is C15H16ClNOS. The van der Waals surface area contributed by atoms with E-state index in [1.54, 1.807) is 18.9 Å². The minimum atomic E-state index is -0.0211. The molecule has 100 valence electrons. The van der Waals surface area contributed by atoms with Crippen molar-refractivity contribution in [3.8, 4) is 5.75 Å². The van der Waals surface area contributed by atoms with E-state index in [4.69, 9.17) is 22.1 Å². The Morgan fingerprint density at radius 2 is 1.84 bits per heavy atom. The van der Waals surface area contributed by atoms with E-state index >= 15 is 0 Å². The van der Waals surface area contributed by atoms with Crippen LogP contribution in [-0.2, 0) is 0 Å². The van der Waals surface area contributed by atoms with E-state index < -0.39 is 0 Å². The molecule has 19 heavy (non-hydrogen) atoms. The highest BCUT2D eigenvalue weighted by molar-refractivity contribution is 7.99. The largest absolute Gasteiger partial charge is 0.497 e. The Bertz CT molecular complexity index is 530. The molecule has 0 spiro atoms. The predicted molar refractivity (Wildman–Crippen MR) is 82.1 cm³/mol. The maximum absolute atomic E-state index is 6.18. The van der Waals surface area contributed by atoms with Crippen LogP contribution in [0.2, 0.25) is 5.02 Å². The number of benzene rings is 2. The van der Waals surface area contributed by atoms with E-state index in [9.17, 15) is 0 Å². The fourth-order valence-corrected chi connectivity index (χ4v) is 2.92. The molecule has 2 aromatic rings.